The number of carboxylic acids is 1. The van der Waals surface area contributed by atoms with Crippen molar-refractivity contribution in [1.29, 1.82) is 0 Å². The molecule has 7 aromatic rings. The van der Waals surface area contributed by atoms with Gasteiger partial charge >= 0.3 is 5.97 Å². The lowest BCUT2D eigenvalue weighted by Gasteiger charge is -2.47. The smallest absolute Gasteiger partial charge is 0.330 e. The van der Waals surface area contributed by atoms with Gasteiger partial charge in [-0.3, -0.25) is 33.6 Å². The molecule has 2 saturated heterocycles. The van der Waals surface area contributed by atoms with Crippen molar-refractivity contribution in [2.75, 3.05) is 12.8 Å². The Morgan fingerprint density at radius 3 is 1.96 bits per heavy atom. The molecule has 21 N–H and O–H groups in total. The Labute approximate surface area is 655 Å². The minimum atomic E-state index is -2.37. The first-order valence-electron chi connectivity index (χ1n) is 35.1. The Hall–Kier alpha value is -10.7. The van der Waals surface area contributed by atoms with E-state index in [0.717, 1.165) is 78.5 Å². The van der Waals surface area contributed by atoms with Crippen molar-refractivity contribution >= 4 is 82.3 Å². The summed E-state index contributed by atoms with van der Waals surface area (Å²) in [7, 11) is 1.47. The summed E-state index contributed by atoms with van der Waals surface area (Å²) < 4.78 is 41.0. The molecule has 7 aliphatic rings. The highest BCUT2D eigenvalue weighted by Crippen LogP contribution is 2.50. The molecular formula is C73H79Cl2N13O24S. The van der Waals surface area contributed by atoms with Gasteiger partial charge in [0, 0.05) is 40.5 Å². The zero-order valence-electron chi connectivity index (χ0n) is 60.3. The van der Waals surface area contributed by atoms with E-state index in [0.29, 0.717) is 5.69 Å². The number of likely N-dealkylation sites (N-methyl/N-ethyl adjacent to an activating group) is 1. The number of carboxylic acid groups (broad SMARTS) is 1. The van der Waals surface area contributed by atoms with Crippen LogP contribution in [-0.4, -0.2) is 210 Å². The number of nitrogens with zero attached hydrogens (tertiary/aromatic N) is 4. The first-order valence-corrected chi connectivity index (χ1v) is 36.9. The predicted molar refractivity (Wildman–Crippen MR) is 394 cm³/mol. The molecule has 11 bridgehead atoms. The number of carbonyl (C=O) groups is 8. The van der Waals surface area contributed by atoms with E-state index in [1.54, 1.807) is 0 Å². The number of hydrogen-bond donors (Lipinski definition) is 19. The second-order valence-electron chi connectivity index (χ2n) is 28.2. The molecule has 0 aliphatic carbocycles. The fourth-order valence-corrected chi connectivity index (χ4v) is 15.1. The highest BCUT2D eigenvalue weighted by molar-refractivity contribution is 7.99. The third kappa shape index (κ3) is 17.6. The first-order chi connectivity index (χ1) is 53.6. The van der Waals surface area contributed by atoms with Crippen LogP contribution < -0.4 is 62.9 Å². The highest BCUT2D eigenvalue weighted by Gasteiger charge is 2.52. The third-order valence-corrected chi connectivity index (χ3v) is 21.1. The van der Waals surface area contributed by atoms with Gasteiger partial charge in [-0.25, -0.2) is 4.79 Å². The predicted octanol–water partition coefficient (Wildman–Crippen LogP) is 1.59. The number of nitrogens with one attached hydrogen (secondary N) is 7. The molecule has 600 valence electrons. The highest BCUT2D eigenvalue weighted by atomic mass is 35.5. The minimum Gasteiger partial charge on any atom is -0.508 e. The maximum atomic E-state index is 16.2. The van der Waals surface area contributed by atoms with Gasteiger partial charge in [-0.1, -0.05) is 67.0 Å². The van der Waals surface area contributed by atoms with E-state index >= 15 is 14.4 Å². The zero-order chi connectivity index (χ0) is 81.5. The topological polar surface area (TPSA) is 574 Å². The minimum absolute atomic E-state index is 0.0668. The number of halogens is 2. The van der Waals surface area contributed by atoms with Crippen LogP contribution in [0.5, 0.6) is 51.7 Å². The number of aliphatic hydroxyl groups is 5. The number of nitrogens with two attached hydrogens (primary N) is 2. The number of fused-ring (bicyclic) bond motifs is 15. The summed E-state index contributed by atoms with van der Waals surface area (Å²) in [6, 6.07) is 5.09. The van der Waals surface area contributed by atoms with E-state index in [1.807, 2.05) is 13.8 Å². The van der Waals surface area contributed by atoms with Gasteiger partial charge in [0.05, 0.1) is 46.5 Å². The summed E-state index contributed by atoms with van der Waals surface area (Å²) in [5.41, 5.74) is 8.49. The monoisotopic (exact) mass is 1620 g/mol. The number of aliphatic hydroxyl groups excluding tert-OH is 5. The molecule has 0 radical (unpaired) electrons. The number of tetrazole rings is 1. The summed E-state index contributed by atoms with van der Waals surface area (Å²) in [4.78, 5) is 118. The number of aromatic hydroxyl groups is 4. The second kappa shape index (κ2) is 33.5. The molecule has 0 spiro atoms. The van der Waals surface area contributed by atoms with Crippen molar-refractivity contribution in [3.63, 3.8) is 0 Å². The van der Waals surface area contributed by atoms with Gasteiger partial charge in [-0.2, -0.15) is 4.68 Å². The lowest BCUT2D eigenvalue weighted by Crippen LogP contribution is -2.64. The van der Waals surface area contributed by atoms with Crippen molar-refractivity contribution in [3.05, 3.63) is 141 Å². The molecule has 113 heavy (non-hydrogen) atoms. The lowest BCUT2D eigenvalue weighted by molar-refractivity contribution is -0.329. The van der Waals surface area contributed by atoms with Gasteiger partial charge < -0.3 is 128 Å². The number of hydrogen-bond acceptors (Lipinski definition) is 29. The van der Waals surface area contributed by atoms with Crippen LogP contribution in [0.15, 0.2) is 108 Å². The molecule has 1 aromatic heterocycles. The van der Waals surface area contributed by atoms with Gasteiger partial charge in [0.15, 0.2) is 29.9 Å². The lowest BCUT2D eigenvalue weighted by atomic mass is 9.86. The van der Waals surface area contributed by atoms with E-state index in [1.165, 1.54) is 62.0 Å². The summed E-state index contributed by atoms with van der Waals surface area (Å²) >= 11 is 15.3. The molecule has 6 aromatic carbocycles. The Morgan fingerprint density at radius 1 is 0.717 bits per heavy atom. The molecule has 7 aliphatic heterocycles. The van der Waals surface area contributed by atoms with Crippen LogP contribution in [0, 0.1) is 5.92 Å². The molecule has 40 heteroatoms. The van der Waals surface area contributed by atoms with Gasteiger partial charge in [-0.05, 0) is 145 Å². The molecule has 0 saturated carbocycles. The number of thioether (sulfide) groups is 1. The zero-order valence-corrected chi connectivity index (χ0v) is 62.7. The largest absolute Gasteiger partial charge is 0.508 e. The molecule has 14 rings (SSSR count). The first kappa shape index (κ1) is 81.8. The number of phenolic OH excluding ortho intramolecular Hbond substituents is 4. The van der Waals surface area contributed by atoms with Crippen molar-refractivity contribution in [3.8, 4) is 68.6 Å². The van der Waals surface area contributed by atoms with Gasteiger partial charge in [0.2, 0.25) is 58.5 Å². The van der Waals surface area contributed by atoms with Crippen LogP contribution in [0.25, 0.3) is 16.8 Å². The van der Waals surface area contributed by atoms with Crippen molar-refractivity contribution < 1.29 is 118 Å². The van der Waals surface area contributed by atoms with Crippen molar-refractivity contribution in [1.82, 2.24) is 57.4 Å². The van der Waals surface area contributed by atoms with Crippen molar-refractivity contribution in [2.45, 2.75) is 161 Å². The second-order valence-corrected chi connectivity index (χ2v) is 30.0. The van der Waals surface area contributed by atoms with Crippen LogP contribution in [0.3, 0.4) is 0 Å². The number of carbonyl (C=O) groups excluding carboxylic acids is 7. The van der Waals surface area contributed by atoms with Crippen LogP contribution >= 0.6 is 35.0 Å². The Morgan fingerprint density at radius 2 is 1.35 bits per heavy atom. The normalized spacial score (nSPS) is 27.5. The Bertz CT molecular complexity index is 4850. The Balaban J connectivity index is 1.09. The third-order valence-electron chi connectivity index (χ3n) is 19.5. The molecule has 7 amide bonds. The standard InChI is InChI=1S/C73H79Cl2N13O24S/c1-27(2)16-40(78-5)64(99)83-55-57(94)30-7-14-44(38(74)18-30)108-46-20-32-21-47(61(46)112-71-62(111-50-25-73(4,77)63(98)28(3)107-50)60(97)59(96)48(110-71)26-113-72-85-86-87-88(72)33-9-11-34(89)12-10-33)109-45-15-8-31(19-39(45)75)58(95)56-69(104)82-54(70(105)106)37-22-35(90)23-43(92)51(37)36-17-29(6-13-42(36)91)52(66(101)84-56)81-67(102)53(32)80-65(100)41(24-49(76)93)79-68(55)103/h6-15,17-23,27-28,40-41,48,50,52-60,62-63,71,78,89-92,94-98H,16,24-26,77H2,1-5H3,(H2,76,93)(H,79,103)(H,80,100)(H,81,102)(H,82,104)(H,83,99)(H,84,101)(H,105,106)/t28?,40-,41-,48?,50?,52?,53+,54+,55+,56-,57+,58+,59?,60?,62?,63?,71?,73?/m0/s1. The quantitative estimate of drug-likeness (QED) is 0.0611. The van der Waals surface area contributed by atoms with Gasteiger partial charge in [-0.15, -0.1) is 5.10 Å². The van der Waals surface area contributed by atoms with E-state index in [9.17, 15) is 75.0 Å². The van der Waals surface area contributed by atoms with E-state index in [2.05, 4.69) is 52.7 Å². The Kier molecular flexibility index (Phi) is 24.3. The average Bonchev–Trinajstić information content (AvgIpc) is 0.930. The molecule has 2 fully saturated rings. The maximum Gasteiger partial charge on any atom is 0.330 e. The molecule has 18 atom stereocenters. The van der Waals surface area contributed by atoms with Crippen LogP contribution in [-0.2, 0) is 52.6 Å². The fraction of sp³-hybridized carbons (Fsp3) is 0.384. The SMILES string of the molecule is CN[C@@H](CC(C)C)C(=O)N[C@H]1C(=O)N[C@@H](CC(N)=O)C(=O)N[C@H]2C(=O)NC3C(=O)N[C@H](C(=O)N[C@@H](C(=O)O)c4cc(O)cc(O)c4-c4cc3ccc4O)[C@H](O)c3ccc(c(Cl)c3)Oc3cc2cc(c3OC2OC(CSc3nnnn3-c3ccc(O)cc3)C(O)C(O)C2OC2CC(C)(N)C(O)C(C)O2)Oc2ccc(cc2Cl)[C@H]1O. The van der Waals surface area contributed by atoms with Crippen LogP contribution in [0.2, 0.25) is 10.0 Å². The molecular weight excluding hydrogens is 1550 g/mol. The van der Waals surface area contributed by atoms with Gasteiger partial charge in [0.25, 0.3) is 0 Å². The number of aliphatic carboxylic acids is 1. The molecule has 10 unspecified atom stereocenters. The molecule has 8 heterocycles. The average molecular weight is 1630 g/mol. The number of primary amides is 1. The maximum absolute atomic E-state index is 16.2. The summed E-state index contributed by atoms with van der Waals surface area (Å²) in [5, 5.41) is 144. The van der Waals surface area contributed by atoms with Crippen LogP contribution in [0.1, 0.15) is 105 Å². The number of rotatable bonds is 16. The summed E-state index contributed by atoms with van der Waals surface area (Å²) in [6.45, 7) is 6.65. The summed E-state index contributed by atoms with van der Waals surface area (Å²) in [5.74, 6) is -16.5. The number of phenols is 4. The number of amides is 7. The fourth-order valence-electron chi connectivity index (χ4n) is 13.7. The van der Waals surface area contributed by atoms with Crippen LogP contribution in [0.4, 0.5) is 0 Å². The number of benzene rings is 6. The van der Waals surface area contributed by atoms with E-state index in [-0.39, 0.29) is 62.9 Å². The summed E-state index contributed by atoms with van der Waals surface area (Å²) in [6.07, 6.45) is -18.6. The van der Waals surface area contributed by atoms with E-state index < -0.39 is 231 Å². The number of aromatic nitrogens is 4. The molecule has 37 nitrogen and oxygen atoms in total. The van der Waals surface area contributed by atoms with E-state index in [4.69, 9.17) is 63.1 Å². The van der Waals surface area contributed by atoms with Gasteiger partial charge in [0.1, 0.15) is 89.1 Å². The van der Waals surface area contributed by atoms with Crippen molar-refractivity contribution in [2.24, 2.45) is 17.4 Å². The number of ether oxygens (including phenoxy) is 6.